The molecule has 104 valence electrons. The number of benzene rings is 1. The number of ether oxygens (including phenoxy) is 2. The molecule has 0 amide bonds. The maximum absolute atomic E-state index is 12.1. The quantitative estimate of drug-likeness (QED) is 0.785. The van der Waals surface area contributed by atoms with Crippen molar-refractivity contribution in [3.8, 4) is 11.6 Å². The predicted octanol–water partition coefficient (Wildman–Crippen LogP) is 2.68. The van der Waals surface area contributed by atoms with Crippen LogP contribution in [0.1, 0.15) is 16.1 Å². The maximum atomic E-state index is 12.1. The molecule has 5 nitrogen and oxygen atoms in total. The summed E-state index contributed by atoms with van der Waals surface area (Å²) >= 11 is 3.39. The van der Waals surface area contributed by atoms with Crippen molar-refractivity contribution in [3.05, 3.63) is 46.1 Å². The highest BCUT2D eigenvalue weighted by molar-refractivity contribution is 9.10. The monoisotopic (exact) mass is 336 g/mol. The summed E-state index contributed by atoms with van der Waals surface area (Å²) in [5.74, 6) is 1.01. The molecule has 0 fully saturated rings. The molecule has 0 bridgehead atoms. The summed E-state index contributed by atoms with van der Waals surface area (Å²) in [5, 5.41) is 7.62. The minimum absolute atomic E-state index is 0.0998. The largest absolute Gasteiger partial charge is 0.496 e. The van der Waals surface area contributed by atoms with Crippen LogP contribution in [-0.4, -0.2) is 30.2 Å². The average Bonchev–Trinajstić information content (AvgIpc) is 2.47. The van der Waals surface area contributed by atoms with Crippen molar-refractivity contribution < 1.29 is 14.3 Å². The number of rotatable bonds is 5. The van der Waals surface area contributed by atoms with Crippen LogP contribution in [0.4, 0.5) is 0 Å². The standard InChI is InChI=1S/C14H13BrN2O3/c1-19-13-5-3-9(7-10(13)15)8-12(18)11-4-6-14(20-2)17-16-11/h3-7H,8H2,1-2H3. The molecule has 2 rings (SSSR count). The number of halogens is 1. The van der Waals surface area contributed by atoms with Gasteiger partial charge in [0.1, 0.15) is 11.4 Å². The van der Waals surface area contributed by atoms with Crippen molar-refractivity contribution in [3.63, 3.8) is 0 Å². The lowest BCUT2D eigenvalue weighted by molar-refractivity contribution is 0.0987. The summed E-state index contributed by atoms with van der Waals surface area (Å²) in [7, 11) is 3.10. The Bertz CT molecular complexity index is 614. The number of carbonyl (C=O) groups is 1. The van der Waals surface area contributed by atoms with Crippen LogP contribution in [-0.2, 0) is 6.42 Å². The van der Waals surface area contributed by atoms with Gasteiger partial charge in [-0.1, -0.05) is 6.07 Å². The minimum Gasteiger partial charge on any atom is -0.496 e. The first-order valence-electron chi connectivity index (χ1n) is 5.87. The molecule has 0 aliphatic carbocycles. The maximum Gasteiger partial charge on any atom is 0.233 e. The Morgan fingerprint density at radius 1 is 1.15 bits per heavy atom. The van der Waals surface area contributed by atoms with Crippen LogP contribution in [0.5, 0.6) is 11.6 Å². The van der Waals surface area contributed by atoms with E-state index >= 15 is 0 Å². The SMILES string of the molecule is COc1ccc(C(=O)Cc2ccc(OC)c(Br)c2)nn1. The fourth-order valence-corrected chi connectivity index (χ4v) is 2.26. The highest BCUT2D eigenvalue weighted by atomic mass is 79.9. The average molecular weight is 337 g/mol. The fraction of sp³-hybridized carbons (Fsp3) is 0.214. The van der Waals surface area contributed by atoms with Gasteiger partial charge in [-0.2, -0.15) is 0 Å². The van der Waals surface area contributed by atoms with Gasteiger partial charge in [-0.3, -0.25) is 4.79 Å². The number of ketones is 1. The normalized spacial score (nSPS) is 10.2. The Labute approximate surface area is 125 Å². The zero-order valence-corrected chi connectivity index (χ0v) is 12.7. The summed E-state index contributed by atoms with van der Waals surface area (Å²) in [4.78, 5) is 12.1. The molecule has 0 spiro atoms. The van der Waals surface area contributed by atoms with E-state index in [0.717, 1.165) is 15.8 Å². The van der Waals surface area contributed by atoms with Gasteiger partial charge in [-0.15, -0.1) is 10.2 Å². The first kappa shape index (κ1) is 14.5. The summed E-state index contributed by atoms with van der Waals surface area (Å²) < 4.78 is 10.9. The summed E-state index contributed by atoms with van der Waals surface area (Å²) in [6.07, 6.45) is 0.254. The van der Waals surface area contributed by atoms with Gasteiger partial charge < -0.3 is 9.47 Å². The number of hydrogen-bond donors (Lipinski definition) is 0. The zero-order chi connectivity index (χ0) is 14.5. The van der Waals surface area contributed by atoms with Gasteiger partial charge in [0.2, 0.25) is 5.88 Å². The van der Waals surface area contributed by atoms with E-state index in [2.05, 4.69) is 26.1 Å². The third-order valence-corrected chi connectivity index (χ3v) is 3.34. The van der Waals surface area contributed by atoms with Gasteiger partial charge in [-0.25, -0.2) is 0 Å². The second-order valence-corrected chi connectivity index (χ2v) is 4.88. The van der Waals surface area contributed by atoms with Crippen molar-refractivity contribution >= 4 is 21.7 Å². The molecular weight excluding hydrogens is 324 g/mol. The lowest BCUT2D eigenvalue weighted by atomic mass is 10.1. The number of methoxy groups -OCH3 is 2. The molecule has 2 aromatic rings. The third-order valence-electron chi connectivity index (χ3n) is 2.72. The van der Waals surface area contributed by atoms with Crippen molar-refractivity contribution in [2.45, 2.75) is 6.42 Å². The molecule has 1 aromatic carbocycles. The van der Waals surface area contributed by atoms with E-state index in [9.17, 15) is 4.79 Å². The number of hydrogen-bond acceptors (Lipinski definition) is 5. The van der Waals surface area contributed by atoms with Crippen molar-refractivity contribution in [1.29, 1.82) is 0 Å². The van der Waals surface area contributed by atoms with Crippen molar-refractivity contribution in [1.82, 2.24) is 10.2 Å². The van der Waals surface area contributed by atoms with E-state index in [-0.39, 0.29) is 12.2 Å². The first-order valence-corrected chi connectivity index (χ1v) is 6.66. The van der Waals surface area contributed by atoms with Crippen molar-refractivity contribution in [2.75, 3.05) is 14.2 Å². The van der Waals surface area contributed by atoms with E-state index < -0.39 is 0 Å². The molecule has 0 saturated carbocycles. The first-order chi connectivity index (χ1) is 9.63. The van der Waals surface area contributed by atoms with Crippen LogP contribution in [0.3, 0.4) is 0 Å². The van der Waals surface area contributed by atoms with Gasteiger partial charge >= 0.3 is 0 Å². The number of carbonyl (C=O) groups excluding carboxylic acids is 1. The van der Waals surface area contributed by atoms with Crippen LogP contribution in [0.15, 0.2) is 34.8 Å². The number of nitrogens with zero attached hydrogens (tertiary/aromatic N) is 2. The Morgan fingerprint density at radius 2 is 1.95 bits per heavy atom. The van der Waals surface area contributed by atoms with E-state index in [1.54, 1.807) is 19.2 Å². The lowest BCUT2D eigenvalue weighted by Gasteiger charge is -2.06. The van der Waals surface area contributed by atoms with Crippen LogP contribution in [0.25, 0.3) is 0 Å². The van der Waals surface area contributed by atoms with Crippen LogP contribution >= 0.6 is 15.9 Å². The van der Waals surface area contributed by atoms with E-state index in [1.807, 2.05) is 18.2 Å². The second kappa shape index (κ2) is 6.47. The van der Waals surface area contributed by atoms with Gasteiger partial charge in [0.05, 0.1) is 18.7 Å². The Morgan fingerprint density at radius 3 is 2.50 bits per heavy atom. The van der Waals surface area contributed by atoms with Gasteiger partial charge in [-0.05, 0) is 39.7 Å². The molecule has 6 heteroatoms. The molecule has 0 N–H and O–H groups in total. The summed E-state index contributed by atoms with van der Waals surface area (Å²) in [6, 6.07) is 8.73. The molecule has 0 unspecified atom stereocenters. The van der Waals surface area contributed by atoms with Gasteiger partial charge in [0.15, 0.2) is 5.78 Å². The zero-order valence-electron chi connectivity index (χ0n) is 11.1. The molecular formula is C14H13BrN2O3. The molecule has 0 saturated heterocycles. The second-order valence-electron chi connectivity index (χ2n) is 4.03. The Balaban J connectivity index is 2.12. The lowest BCUT2D eigenvalue weighted by Crippen LogP contribution is -2.07. The highest BCUT2D eigenvalue weighted by Crippen LogP contribution is 2.26. The predicted molar refractivity (Wildman–Crippen MR) is 77.3 cm³/mol. The number of Topliss-reactive ketones (excluding diaryl/α,β-unsaturated/α-hetero) is 1. The molecule has 1 aromatic heterocycles. The van der Waals surface area contributed by atoms with E-state index in [1.165, 1.54) is 7.11 Å². The number of aromatic nitrogens is 2. The minimum atomic E-state index is -0.0998. The van der Waals surface area contributed by atoms with Crippen molar-refractivity contribution in [2.24, 2.45) is 0 Å². The van der Waals surface area contributed by atoms with Crippen LogP contribution < -0.4 is 9.47 Å². The molecule has 0 radical (unpaired) electrons. The van der Waals surface area contributed by atoms with Gasteiger partial charge in [0.25, 0.3) is 0 Å². The fourth-order valence-electron chi connectivity index (χ4n) is 1.67. The molecule has 0 aliphatic heterocycles. The summed E-state index contributed by atoms with van der Waals surface area (Å²) in [5.41, 5.74) is 1.19. The topological polar surface area (TPSA) is 61.3 Å². The highest BCUT2D eigenvalue weighted by Gasteiger charge is 2.11. The Kier molecular flexibility index (Phi) is 4.68. The summed E-state index contributed by atoms with van der Waals surface area (Å²) in [6.45, 7) is 0. The van der Waals surface area contributed by atoms with Gasteiger partial charge in [0, 0.05) is 12.5 Å². The van der Waals surface area contributed by atoms with E-state index in [0.29, 0.717) is 11.6 Å². The third kappa shape index (κ3) is 3.33. The molecule has 1 heterocycles. The molecule has 0 atom stereocenters. The van der Waals surface area contributed by atoms with E-state index in [4.69, 9.17) is 9.47 Å². The van der Waals surface area contributed by atoms with Crippen LogP contribution in [0, 0.1) is 0 Å². The van der Waals surface area contributed by atoms with Crippen LogP contribution in [0.2, 0.25) is 0 Å². The molecule has 20 heavy (non-hydrogen) atoms. The molecule has 0 aliphatic rings. The Hall–Kier alpha value is -1.95. The smallest absolute Gasteiger partial charge is 0.233 e.